The van der Waals surface area contributed by atoms with E-state index < -0.39 is 11.7 Å². The third-order valence-corrected chi connectivity index (χ3v) is 2.12. The van der Waals surface area contributed by atoms with Crippen LogP contribution in [0.1, 0.15) is 33.6 Å². The van der Waals surface area contributed by atoms with E-state index in [1.807, 2.05) is 20.8 Å². The van der Waals surface area contributed by atoms with Gasteiger partial charge in [0.1, 0.15) is 5.60 Å². The van der Waals surface area contributed by atoms with Gasteiger partial charge >= 0.3 is 6.09 Å². The summed E-state index contributed by atoms with van der Waals surface area (Å²) in [5, 5.41) is 11.2. The molecule has 0 aliphatic carbocycles. The smallest absolute Gasteiger partial charge is 0.407 e. The number of rotatable bonds is 2. The van der Waals surface area contributed by atoms with E-state index in [9.17, 15) is 4.79 Å². The van der Waals surface area contributed by atoms with Crippen LogP contribution < -0.4 is 5.32 Å². The third kappa shape index (κ3) is 4.49. The SMILES string of the molecule is CC(C)(C)OC(=O)N[C@@H]1CO[C@H](CC#N)C1. The summed E-state index contributed by atoms with van der Waals surface area (Å²) < 4.78 is 10.5. The molecular weight excluding hydrogens is 208 g/mol. The van der Waals surface area contributed by atoms with Crippen LogP contribution in [0.25, 0.3) is 0 Å². The van der Waals surface area contributed by atoms with Crippen LogP contribution in [0.4, 0.5) is 4.79 Å². The summed E-state index contributed by atoms with van der Waals surface area (Å²) in [5.74, 6) is 0. The molecule has 0 saturated carbocycles. The summed E-state index contributed by atoms with van der Waals surface area (Å²) in [5.41, 5.74) is -0.490. The standard InChI is InChI=1S/C11H18N2O3/c1-11(2,3)16-10(14)13-8-6-9(4-5-12)15-7-8/h8-9H,4,6-7H2,1-3H3,(H,13,14)/t8-,9+/m0/s1. The Labute approximate surface area is 95.7 Å². The molecule has 1 aliphatic heterocycles. The number of ether oxygens (including phenoxy) is 2. The van der Waals surface area contributed by atoms with E-state index >= 15 is 0 Å². The van der Waals surface area contributed by atoms with Crippen molar-refractivity contribution in [3.05, 3.63) is 0 Å². The lowest BCUT2D eigenvalue weighted by Gasteiger charge is -2.21. The molecule has 0 aromatic carbocycles. The number of hydrogen-bond acceptors (Lipinski definition) is 4. The molecule has 0 bridgehead atoms. The summed E-state index contributed by atoms with van der Waals surface area (Å²) in [6.45, 7) is 5.90. The number of nitrogens with one attached hydrogen (secondary N) is 1. The Balaban J connectivity index is 2.29. The number of carbonyl (C=O) groups excluding carboxylic acids is 1. The van der Waals surface area contributed by atoms with Crippen molar-refractivity contribution in [3.8, 4) is 6.07 Å². The minimum atomic E-state index is -0.490. The summed E-state index contributed by atoms with van der Waals surface area (Å²) in [6, 6.07) is 2.00. The number of amides is 1. The molecule has 1 heterocycles. The Morgan fingerprint density at radius 2 is 2.31 bits per heavy atom. The van der Waals surface area contributed by atoms with Gasteiger partial charge in [-0.05, 0) is 27.2 Å². The Morgan fingerprint density at radius 1 is 1.62 bits per heavy atom. The topological polar surface area (TPSA) is 71.3 Å². The average Bonchev–Trinajstić information content (AvgIpc) is 2.49. The van der Waals surface area contributed by atoms with E-state index in [0.29, 0.717) is 19.4 Å². The minimum absolute atomic E-state index is 0.0480. The molecule has 0 unspecified atom stereocenters. The van der Waals surface area contributed by atoms with Gasteiger partial charge in [0.15, 0.2) is 0 Å². The third-order valence-electron chi connectivity index (χ3n) is 2.12. The van der Waals surface area contributed by atoms with Crippen molar-refractivity contribution < 1.29 is 14.3 Å². The van der Waals surface area contributed by atoms with E-state index in [1.54, 1.807) is 0 Å². The molecular formula is C11H18N2O3. The predicted molar refractivity (Wildman–Crippen MR) is 57.7 cm³/mol. The molecule has 1 aliphatic rings. The van der Waals surface area contributed by atoms with E-state index in [4.69, 9.17) is 14.7 Å². The lowest BCUT2D eigenvalue weighted by molar-refractivity contribution is 0.0495. The van der Waals surface area contributed by atoms with Crippen molar-refractivity contribution in [2.24, 2.45) is 0 Å². The quantitative estimate of drug-likeness (QED) is 0.776. The van der Waals surface area contributed by atoms with Gasteiger partial charge in [0.05, 0.1) is 31.2 Å². The molecule has 90 valence electrons. The maximum absolute atomic E-state index is 11.4. The van der Waals surface area contributed by atoms with Gasteiger partial charge in [-0.15, -0.1) is 0 Å². The fourth-order valence-corrected chi connectivity index (χ4v) is 1.52. The lowest BCUT2D eigenvalue weighted by Crippen LogP contribution is -2.39. The summed E-state index contributed by atoms with van der Waals surface area (Å²) in [6.07, 6.45) is 0.544. The highest BCUT2D eigenvalue weighted by atomic mass is 16.6. The number of hydrogen-bond donors (Lipinski definition) is 1. The fraction of sp³-hybridized carbons (Fsp3) is 0.818. The Kier molecular flexibility index (Phi) is 4.13. The van der Waals surface area contributed by atoms with Gasteiger partial charge in [-0.1, -0.05) is 0 Å². The zero-order chi connectivity index (χ0) is 12.2. The van der Waals surface area contributed by atoms with Crippen LogP contribution in [-0.2, 0) is 9.47 Å². The van der Waals surface area contributed by atoms with Gasteiger partial charge in [-0.2, -0.15) is 5.26 Å². The molecule has 1 N–H and O–H groups in total. The molecule has 1 fully saturated rings. The van der Waals surface area contributed by atoms with Crippen molar-refractivity contribution in [2.75, 3.05) is 6.61 Å². The normalized spacial score (nSPS) is 24.9. The second-order valence-electron chi connectivity index (χ2n) is 4.90. The zero-order valence-corrected chi connectivity index (χ0v) is 9.95. The van der Waals surface area contributed by atoms with Crippen molar-refractivity contribution in [2.45, 2.75) is 51.4 Å². The fourth-order valence-electron chi connectivity index (χ4n) is 1.52. The average molecular weight is 226 g/mol. The zero-order valence-electron chi connectivity index (χ0n) is 9.95. The van der Waals surface area contributed by atoms with Crippen molar-refractivity contribution in [1.29, 1.82) is 5.26 Å². The van der Waals surface area contributed by atoms with Crippen LogP contribution in [0.5, 0.6) is 0 Å². The summed E-state index contributed by atoms with van der Waals surface area (Å²) in [4.78, 5) is 11.4. The van der Waals surface area contributed by atoms with E-state index in [1.165, 1.54) is 0 Å². The second kappa shape index (κ2) is 5.17. The molecule has 2 atom stereocenters. The van der Waals surface area contributed by atoms with Gasteiger partial charge in [0.25, 0.3) is 0 Å². The summed E-state index contributed by atoms with van der Waals surface area (Å²) in [7, 11) is 0. The van der Waals surface area contributed by atoms with Gasteiger partial charge in [0.2, 0.25) is 0 Å². The van der Waals surface area contributed by atoms with Crippen LogP contribution >= 0.6 is 0 Å². The van der Waals surface area contributed by atoms with Gasteiger partial charge in [-0.25, -0.2) is 4.79 Å². The first kappa shape index (κ1) is 12.8. The minimum Gasteiger partial charge on any atom is -0.444 e. The maximum Gasteiger partial charge on any atom is 0.407 e. The van der Waals surface area contributed by atoms with E-state index in [-0.39, 0.29) is 12.1 Å². The number of alkyl carbamates (subject to hydrolysis) is 1. The Morgan fingerprint density at radius 3 is 2.88 bits per heavy atom. The van der Waals surface area contributed by atoms with Gasteiger partial charge < -0.3 is 14.8 Å². The van der Waals surface area contributed by atoms with E-state index in [0.717, 1.165) is 0 Å². The highest BCUT2D eigenvalue weighted by Crippen LogP contribution is 2.16. The Bertz CT molecular complexity index is 291. The molecule has 5 heteroatoms. The molecule has 1 rings (SSSR count). The lowest BCUT2D eigenvalue weighted by atomic mass is 10.1. The van der Waals surface area contributed by atoms with Crippen LogP contribution in [0, 0.1) is 11.3 Å². The van der Waals surface area contributed by atoms with Crippen LogP contribution in [0.2, 0.25) is 0 Å². The first-order chi connectivity index (χ1) is 7.40. The molecule has 0 aromatic rings. The van der Waals surface area contributed by atoms with Gasteiger partial charge in [0, 0.05) is 0 Å². The molecule has 0 spiro atoms. The van der Waals surface area contributed by atoms with Crippen LogP contribution in [-0.4, -0.2) is 30.4 Å². The molecule has 0 radical (unpaired) electrons. The molecule has 1 saturated heterocycles. The number of nitrogens with zero attached hydrogens (tertiary/aromatic N) is 1. The largest absolute Gasteiger partial charge is 0.444 e. The van der Waals surface area contributed by atoms with Crippen molar-refractivity contribution >= 4 is 6.09 Å². The van der Waals surface area contributed by atoms with E-state index in [2.05, 4.69) is 11.4 Å². The van der Waals surface area contributed by atoms with Crippen molar-refractivity contribution in [1.82, 2.24) is 5.32 Å². The molecule has 1 amide bonds. The van der Waals surface area contributed by atoms with Crippen LogP contribution in [0.15, 0.2) is 0 Å². The number of nitriles is 1. The van der Waals surface area contributed by atoms with Crippen molar-refractivity contribution in [3.63, 3.8) is 0 Å². The molecule has 16 heavy (non-hydrogen) atoms. The predicted octanol–water partition coefficient (Wildman–Crippen LogP) is 1.58. The van der Waals surface area contributed by atoms with Crippen LogP contribution in [0.3, 0.4) is 0 Å². The maximum atomic E-state index is 11.4. The Hall–Kier alpha value is -1.28. The monoisotopic (exact) mass is 226 g/mol. The second-order valence-corrected chi connectivity index (χ2v) is 4.90. The molecule has 0 aromatic heterocycles. The number of carbonyl (C=O) groups is 1. The first-order valence-corrected chi connectivity index (χ1v) is 5.39. The van der Waals surface area contributed by atoms with Gasteiger partial charge in [-0.3, -0.25) is 0 Å². The highest BCUT2D eigenvalue weighted by Gasteiger charge is 2.28. The summed E-state index contributed by atoms with van der Waals surface area (Å²) >= 11 is 0. The highest BCUT2D eigenvalue weighted by molar-refractivity contribution is 5.68. The molecule has 5 nitrogen and oxygen atoms in total. The first-order valence-electron chi connectivity index (χ1n) is 5.39.